The molecule has 0 aromatic heterocycles. The maximum absolute atomic E-state index is 14.6. The van der Waals surface area contributed by atoms with Gasteiger partial charge in [0.25, 0.3) is 0 Å². The molecular formula is C12H21FN2O2. The van der Waals surface area contributed by atoms with Crippen LogP contribution in [0.15, 0.2) is 0 Å². The topological polar surface area (TPSA) is 50.4 Å². The van der Waals surface area contributed by atoms with E-state index in [4.69, 9.17) is 4.74 Å². The van der Waals surface area contributed by atoms with E-state index in [0.29, 0.717) is 6.54 Å². The summed E-state index contributed by atoms with van der Waals surface area (Å²) in [5.41, 5.74) is -2.09. The number of carbonyl (C=O) groups excluding carboxylic acids is 1. The summed E-state index contributed by atoms with van der Waals surface area (Å²) in [5, 5.41) is 5.61. The quantitative estimate of drug-likeness (QED) is 0.775. The Labute approximate surface area is 101 Å². The molecule has 0 radical (unpaired) electrons. The van der Waals surface area contributed by atoms with Crippen LogP contribution in [0, 0.1) is 5.41 Å². The zero-order chi connectivity index (χ0) is 12.7. The van der Waals surface area contributed by atoms with E-state index in [-0.39, 0.29) is 12.0 Å². The second kappa shape index (κ2) is 3.83. The Bertz CT molecular complexity index is 323. The first-order chi connectivity index (χ1) is 7.77. The molecular weight excluding hydrogens is 223 g/mol. The molecule has 4 nitrogen and oxygen atoms in total. The molecule has 2 aliphatic rings. The monoisotopic (exact) mass is 244 g/mol. The van der Waals surface area contributed by atoms with Gasteiger partial charge in [0.2, 0.25) is 0 Å². The Kier molecular flexibility index (Phi) is 2.84. The summed E-state index contributed by atoms with van der Waals surface area (Å²) in [4.78, 5) is 11.5. The molecule has 1 heterocycles. The molecule has 0 aromatic rings. The minimum Gasteiger partial charge on any atom is -0.444 e. The van der Waals surface area contributed by atoms with Crippen LogP contribution in [-0.2, 0) is 4.74 Å². The van der Waals surface area contributed by atoms with E-state index in [1.807, 2.05) is 0 Å². The number of carbonyl (C=O) groups is 1. The van der Waals surface area contributed by atoms with Gasteiger partial charge in [0.1, 0.15) is 11.3 Å². The summed E-state index contributed by atoms with van der Waals surface area (Å²) < 4.78 is 19.7. The molecule has 2 rings (SSSR count). The molecule has 5 heteroatoms. The average Bonchev–Trinajstić information content (AvgIpc) is 2.86. The Hall–Kier alpha value is -0.840. The Morgan fingerprint density at radius 1 is 1.41 bits per heavy atom. The van der Waals surface area contributed by atoms with Crippen LogP contribution < -0.4 is 10.6 Å². The number of amides is 1. The Morgan fingerprint density at radius 2 is 2.06 bits per heavy atom. The summed E-state index contributed by atoms with van der Waals surface area (Å²) >= 11 is 0. The molecule has 0 bridgehead atoms. The first kappa shape index (κ1) is 12.6. The fraction of sp³-hybridized carbons (Fsp3) is 0.917. The van der Waals surface area contributed by atoms with Gasteiger partial charge in [0, 0.05) is 18.5 Å². The van der Waals surface area contributed by atoms with Gasteiger partial charge in [-0.05, 0) is 33.6 Å². The summed E-state index contributed by atoms with van der Waals surface area (Å²) in [6.45, 7) is 6.45. The van der Waals surface area contributed by atoms with E-state index in [0.717, 1.165) is 19.4 Å². The lowest BCUT2D eigenvalue weighted by molar-refractivity contribution is 0.0441. The molecule has 17 heavy (non-hydrogen) atoms. The van der Waals surface area contributed by atoms with Crippen molar-refractivity contribution in [3.8, 4) is 0 Å². The molecule has 98 valence electrons. The fourth-order valence-corrected chi connectivity index (χ4v) is 2.40. The number of hydrogen-bond acceptors (Lipinski definition) is 3. The van der Waals surface area contributed by atoms with Crippen LogP contribution in [0.25, 0.3) is 0 Å². The highest BCUT2D eigenvalue weighted by atomic mass is 19.1. The lowest BCUT2D eigenvalue weighted by Crippen LogP contribution is -2.47. The average molecular weight is 244 g/mol. The number of hydrogen-bond donors (Lipinski definition) is 2. The number of ether oxygens (including phenoxy) is 1. The van der Waals surface area contributed by atoms with E-state index in [9.17, 15) is 9.18 Å². The number of nitrogens with one attached hydrogen (secondary N) is 2. The SMILES string of the molecule is CC(C)(C)OC(=O)NCC1(F)CNCC12CC2. The molecule has 1 saturated carbocycles. The maximum Gasteiger partial charge on any atom is 0.407 e. The molecule has 1 amide bonds. The van der Waals surface area contributed by atoms with Gasteiger partial charge >= 0.3 is 6.09 Å². The van der Waals surface area contributed by atoms with Gasteiger partial charge in [0.05, 0.1) is 6.54 Å². The first-order valence-electron chi connectivity index (χ1n) is 6.13. The van der Waals surface area contributed by atoms with E-state index >= 15 is 0 Å². The zero-order valence-corrected chi connectivity index (χ0v) is 10.7. The Morgan fingerprint density at radius 3 is 2.59 bits per heavy atom. The molecule has 1 spiro atoms. The lowest BCUT2D eigenvalue weighted by Gasteiger charge is -2.27. The molecule has 1 atom stereocenters. The molecule has 0 aromatic carbocycles. The highest BCUT2D eigenvalue weighted by Gasteiger charge is 2.63. The van der Waals surface area contributed by atoms with E-state index in [2.05, 4.69) is 10.6 Å². The normalized spacial score (nSPS) is 30.4. The standard InChI is InChI=1S/C12H21FN2O2/c1-10(2,3)17-9(16)15-8-12(13)7-14-6-11(12)4-5-11/h14H,4-8H2,1-3H3,(H,15,16). The number of alkyl halides is 1. The summed E-state index contributed by atoms with van der Waals surface area (Å²) in [6, 6.07) is 0. The lowest BCUT2D eigenvalue weighted by atomic mass is 9.89. The minimum atomic E-state index is -1.32. The van der Waals surface area contributed by atoms with Crippen LogP contribution in [0.4, 0.5) is 9.18 Å². The highest BCUT2D eigenvalue weighted by molar-refractivity contribution is 5.67. The van der Waals surface area contributed by atoms with Crippen molar-refractivity contribution in [2.75, 3.05) is 19.6 Å². The van der Waals surface area contributed by atoms with Crippen molar-refractivity contribution < 1.29 is 13.9 Å². The predicted octanol–water partition coefficient (Wildman–Crippen LogP) is 1.60. The van der Waals surface area contributed by atoms with Crippen LogP contribution in [0.2, 0.25) is 0 Å². The van der Waals surface area contributed by atoms with Gasteiger partial charge in [-0.25, -0.2) is 9.18 Å². The highest BCUT2D eigenvalue weighted by Crippen LogP contribution is 2.57. The van der Waals surface area contributed by atoms with Crippen molar-refractivity contribution in [1.82, 2.24) is 10.6 Å². The summed E-state index contributed by atoms with van der Waals surface area (Å²) in [6.07, 6.45) is 1.27. The number of alkyl carbamates (subject to hydrolysis) is 1. The largest absolute Gasteiger partial charge is 0.444 e. The van der Waals surface area contributed by atoms with E-state index in [1.165, 1.54) is 0 Å². The van der Waals surface area contributed by atoms with Crippen molar-refractivity contribution in [2.24, 2.45) is 5.41 Å². The van der Waals surface area contributed by atoms with Gasteiger partial charge in [-0.3, -0.25) is 0 Å². The molecule has 1 aliphatic heterocycles. The zero-order valence-electron chi connectivity index (χ0n) is 10.7. The van der Waals surface area contributed by atoms with Crippen molar-refractivity contribution >= 4 is 6.09 Å². The van der Waals surface area contributed by atoms with Crippen LogP contribution in [0.3, 0.4) is 0 Å². The second-order valence-corrected chi connectivity index (χ2v) is 6.20. The van der Waals surface area contributed by atoms with Crippen LogP contribution in [0.5, 0.6) is 0 Å². The Balaban J connectivity index is 1.84. The summed E-state index contributed by atoms with van der Waals surface area (Å²) in [5.74, 6) is 0. The smallest absolute Gasteiger partial charge is 0.407 e. The van der Waals surface area contributed by atoms with E-state index in [1.54, 1.807) is 20.8 Å². The summed E-state index contributed by atoms with van der Waals surface area (Å²) in [7, 11) is 0. The van der Waals surface area contributed by atoms with Gasteiger partial charge in [-0.1, -0.05) is 0 Å². The van der Waals surface area contributed by atoms with Crippen molar-refractivity contribution in [3.05, 3.63) is 0 Å². The van der Waals surface area contributed by atoms with Gasteiger partial charge in [-0.15, -0.1) is 0 Å². The van der Waals surface area contributed by atoms with Crippen LogP contribution >= 0.6 is 0 Å². The number of halogens is 1. The first-order valence-corrected chi connectivity index (χ1v) is 6.13. The predicted molar refractivity (Wildman–Crippen MR) is 62.6 cm³/mol. The van der Waals surface area contributed by atoms with Crippen LogP contribution in [-0.4, -0.2) is 37.0 Å². The third kappa shape index (κ3) is 2.54. The number of rotatable bonds is 2. The third-order valence-corrected chi connectivity index (χ3v) is 3.58. The van der Waals surface area contributed by atoms with Crippen molar-refractivity contribution in [3.63, 3.8) is 0 Å². The molecule has 1 unspecified atom stereocenters. The van der Waals surface area contributed by atoms with Crippen LogP contribution in [0.1, 0.15) is 33.6 Å². The van der Waals surface area contributed by atoms with Crippen molar-refractivity contribution in [1.29, 1.82) is 0 Å². The fourth-order valence-electron chi connectivity index (χ4n) is 2.40. The molecule has 2 fully saturated rings. The minimum absolute atomic E-state index is 0.0366. The van der Waals surface area contributed by atoms with Gasteiger partial charge < -0.3 is 15.4 Å². The van der Waals surface area contributed by atoms with E-state index < -0.39 is 17.4 Å². The van der Waals surface area contributed by atoms with Gasteiger partial charge in [-0.2, -0.15) is 0 Å². The molecule has 1 aliphatic carbocycles. The maximum atomic E-state index is 14.6. The molecule has 2 N–H and O–H groups in total. The van der Waals surface area contributed by atoms with Gasteiger partial charge in [0.15, 0.2) is 0 Å². The third-order valence-electron chi connectivity index (χ3n) is 3.58. The second-order valence-electron chi connectivity index (χ2n) is 6.20. The van der Waals surface area contributed by atoms with Crippen molar-refractivity contribution in [2.45, 2.75) is 44.9 Å². The molecule has 1 saturated heterocycles.